The molecule has 2 N–H and O–H groups in total. The summed E-state index contributed by atoms with van der Waals surface area (Å²) in [5.41, 5.74) is 2.94. The minimum atomic E-state index is -0.470. The Hall–Kier alpha value is -3.64. The highest BCUT2D eigenvalue weighted by Gasteiger charge is 2.22. The van der Waals surface area contributed by atoms with Gasteiger partial charge in [-0.3, -0.25) is 14.4 Å². The minimum Gasteiger partial charge on any atom is -0.351 e. The maximum absolute atomic E-state index is 13.1. The van der Waals surface area contributed by atoms with Crippen molar-refractivity contribution in [1.82, 2.24) is 5.32 Å². The van der Waals surface area contributed by atoms with Crippen LogP contribution in [0.4, 0.5) is 11.4 Å². The normalized spacial score (nSPS) is 14.3. The van der Waals surface area contributed by atoms with E-state index in [1.165, 1.54) is 0 Å². The molecule has 1 unspecified atom stereocenters. The van der Waals surface area contributed by atoms with Crippen LogP contribution in [0.1, 0.15) is 35.2 Å². The van der Waals surface area contributed by atoms with Crippen molar-refractivity contribution in [2.45, 2.75) is 25.7 Å². The number of amides is 3. The third kappa shape index (κ3) is 6.70. The van der Waals surface area contributed by atoms with E-state index >= 15 is 0 Å². The fraction of sp³-hybridized carbons (Fsp3) is 0.250. The van der Waals surface area contributed by atoms with Crippen LogP contribution >= 0.6 is 11.6 Å². The largest absolute Gasteiger partial charge is 0.351 e. The maximum atomic E-state index is 13.1. The highest BCUT2D eigenvalue weighted by molar-refractivity contribution is 6.30. The van der Waals surface area contributed by atoms with Crippen molar-refractivity contribution in [2.75, 3.05) is 23.3 Å². The molecule has 35 heavy (non-hydrogen) atoms. The van der Waals surface area contributed by atoms with Gasteiger partial charge in [0.2, 0.25) is 11.8 Å². The molecular formula is C28H28ClN3O3. The molecule has 1 atom stereocenters. The van der Waals surface area contributed by atoms with Gasteiger partial charge in [0.1, 0.15) is 0 Å². The van der Waals surface area contributed by atoms with Crippen LogP contribution in [0.15, 0.2) is 78.9 Å². The first-order chi connectivity index (χ1) is 17.0. The molecule has 0 saturated carbocycles. The lowest BCUT2D eigenvalue weighted by Crippen LogP contribution is -2.37. The van der Waals surface area contributed by atoms with Crippen molar-refractivity contribution < 1.29 is 14.4 Å². The lowest BCUT2D eigenvalue weighted by atomic mass is 9.98. The van der Waals surface area contributed by atoms with E-state index < -0.39 is 5.92 Å². The molecule has 1 saturated heterocycles. The summed E-state index contributed by atoms with van der Waals surface area (Å²) in [5.74, 6) is -0.805. The summed E-state index contributed by atoms with van der Waals surface area (Å²) in [5, 5.41) is 6.41. The Morgan fingerprint density at radius 3 is 2.31 bits per heavy atom. The molecule has 3 aromatic rings. The molecule has 0 spiro atoms. The van der Waals surface area contributed by atoms with Gasteiger partial charge in [-0.15, -0.1) is 0 Å². The number of halogens is 1. The highest BCUT2D eigenvalue weighted by atomic mass is 35.5. The monoisotopic (exact) mass is 489 g/mol. The second-order valence-electron chi connectivity index (χ2n) is 8.64. The predicted molar refractivity (Wildman–Crippen MR) is 139 cm³/mol. The van der Waals surface area contributed by atoms with Crippen LogP contribution in [-0.2, 0) is 16.0 Å². The zero-order chi connectivity index (χ0) is 24.6. The summed E-state index contributed by atoms with van der Waals surface area (Å²) in [7, 11) is 0. The molecule has 6 nitrogen and oxygen atoms in total. The first kappa shape index (κ1) is 24.5. The lowest BCUT2D eigenvalue weighted by molar-refractivity contribution is -0.120. The van der Waals surface area contributed by atoms with Crippen LogP contribution in [0.5, 0.6) is 0 Å². The molecule has 3 amide bonds. The smallest absolute Gasteiger partial charge is 0.251 e. The molecule has 0 aromatic heterocycles. The Morgan fingerprint density at radius 1 is 0.914 bits per heavy atom. The fourth-order valence-corrected chi connectivity index (χ4v) is 4.25. The molecule has 1 heterocycles. The van der Waals surface area contributed by atoms with Gasteiger partial charge >= 0.3 is 0 Å². The number of nitrogens with zero attached hydrogens (tertiary/aromatic N) is 1. The number of nitrogens with one attached hydrogen (secondary N) is 2. The number of carbonyl (C=O) groups is 3. The molecule has 0 bridgehead atoms. The van der Waals surface area contributed by atoms with Crippen molar-refractivity contribution in [1.29, 1.82) is 0 Å². The van der Waals surface area contributed by atoms with Crippen LogP contribution in [0.2, 0.25) is 5.02 Å². The summed E-state index contributed by atoms with van der Waals surface area (Å²) in [6.07, 6.45) is 2.94. The van der Waals surface area contributed by atoms with Gasteiger partial charge in [0.15, 0.2) is 0 Å². The Bertz CT molecular complexity index is 1160. The Kier molecular flexibility index (Phi) is 8.16. The third-order valence-electron chi connectivity index (χ3n) is 6.08. The second kappa shape index (κ2) is 11.7. The van der Waals surface area contributed by atoms with Gasteiger partial charge < -0.3 is 15.5 Å². The van der Waals surface area contributed by atoms with Crippen molar-refractivity contribution in [2.24, 2.45) is 5.92 Å². The Morgan fingerprint density at radius 2 is 1.63 bits per heavy atom. The van der Waals surface area contributed by atoms with E-state index in [-0.39, 0.29) is 24.3 Å². The van der Waals surface area contributed by atoms with E-state index in [1.54, 1.807) is 53.4 Å². The number of carbonyl (C=O) groups excluding carboxylic acids is 3. The van der Waals surface area contributed by atoms with Crippen LogP contribution in [0, 0.1) is 5.92 Å². The van der Waals surface area contributed by atoms with E-state index in [0.717, 1.165) is 24.1 Å². The molecule has 4 rings (SSSR count). The van der Waals surface area contributed by atoms with E-state index in [9.17, 15) is 14.4 Å². The summed E-state index contributed by atoms with van der Waals surface area (Å²) in [6.45, 7) is 0.883. The summed E-state index contributed by atoms with van der Waals surface area (Å²) < 4.78 is 0. The van der Waals surface area contributed by atoms with Gasteiger partial charge in [0.05, 0.1) is 5.92 Å². The van der Waals surface area contributed by atoms with Gasteiger partial charge in [-0.2, -0.15) is 0 Å². The third-order valence-corrected chi connectivity index (χ3v) is 6.33. The number of hydrogen-bond donors (Lipinski definition) is 2. The number of hydrogen-bond acceptors (Lipinski definition) is 3. The number of piperidine rings is 1. The average molecular weight is 490 g/mol. The summed E-state index contributed by atoms with van der Waals surface area (Å²) in [4.78, 5) is 39.8. The fourth-order valence-electron chi connectivity index (χ4n) is 4.12. The van der Waals surface area contributed by atoms with Gasteiger partial charge in [-0.25, -0.2) is 0 Å². The van der Waals surface area contributed by atoms with Crippen LogP contribution in [0.25, 0.3) is 0 Å². The van der Waals surface area contributed by atoms with E-state index in [4.69, 9.17) is 11.6 Å². The highest BCUT2D eigenvalue weighted by Crippen LogP contribution is 2.21. The zero-order valence-corrected chi connectivity index (χ0v) is 20.1. The molecule has 3 aromatic carbocycles. The molecule has 7 heteroatoms. The van der Waals surface area contributed by atoms with Crippen molar-refractivity contribution in [3.05, 3.63) is 95.0 Å². The number of benzene rings is 3. The summed E-state index contributed by atoms with van der Waals surface area (Å²) >= 11 is 5.94. The number of anilines is 2. The standard InChI is InChI=1S/C28H28ClN3O3/c29-23-11-13-24(14-12-23)31-28(35)22(18-20-6-2-1-3-7-20)19-30-27(34)21-9-15-25(16-10-21)32-17-5-4-8-26(32)33/h1-3,6-7,9-16,22H,4-5,8,17-19H2,(H,30,34)(H,31,35). The Labute approximate surface area is 210 Å². The zero-order valence-electron chi connectivity index (χ0n) is 19.4. The van der Waals surface area contributed by atoms with E-state index in [0.29, 0.717) is 35.7 Å². The van der Waals surface area contributed by atoms with Crippen molar-refractivity contribution >= 4 is 40.7 Å². The van der Waals surface area contributed by atoms with E-state index in [1.807, 2.05) is 30.3 Å². The van der Waals surface area contributed by atoms with Gasteiger partial charge in [-0.1, -0.05) is 41.9 Å². The minimum absolute atomic E-state index is 0.115. The second-order valence-corrected chi connectivity index (χ2v) is 9.08. The first-order valence-corrected chi connectivity index (χ1v) is 12.2. The van der Waals surface area contributed by atoms with Crippen LogP contribution < -0.4 is 15.5 Å². The average Bonchev–Trinajstić information content (AvgIpc) is 2.88. The first-order valence-electron chi connectivity index (χ1n) is 11.8. The van der Waals surface area contributed by atoms with Crippen molar-refractivity contribution in [3.8, 4) is 0 Å². The van der Waals surface area contributed by atoms with Crippen molar-refractivity contribution in [3.63, 3.8) is 0 Å². The lowest BCUT2D eigenvalue weighted by Gasteiger charge is -2.26. The van der Waals surface area contributed by atoms with Gasteiger partial charge in [-0.05, 0) is 73.4 Å². The topological polar surface area (TPSA) is 78.5 Å². The molecule has 1 aliphatic rings. The van der Waals surface area contributed by atoms with Gasteiger partial charge in [0.25, 0.3) is 5.91 Å². The van der Waals surface area contributed by atoms with E-state index in [2.05, 4.69) is 10.6 Å². The van der Waals surface area contributed by atoms with Crippen LogP contribution in [-0.4, -0.2) is 30.8 Å². The molecule has 0 aliphatic carbocycles. The SMILES string of the molecule is O=C(NCC(Cc1ccccc1)C(=O)Nc1ccc(Cl)cc1)c1ccc(N2CCCCC2=O)cc1. The number of rotatable bonds is 8. The molecule has 180 valence electrons. The maximum Gasteiger partial charge on any atom is 0.251 e. The van der Waals surface area contributed by atoms with Crippen LogP contribution in [0.3, 0.4) is 0 Å². The molecule has 1 aliphatic heterocycles. The molecule has 0 radical (unpaired) electrons. The quantitative estimate of drug-likeness (QED) is 0.463. The summed E-state index contributed by atoms with van der Waals surface area (Å²) in [6, 6.07) is 23.6. The van der Waals surface area contributed by atoms with Gasteiger partial charge in [0, 0.05) is 41.5 Å². The predicted octanol–water partition coefficient (Wildman–Crippen LogP) is 5.08. The molecule has 1 fully saturated rings. The molecular weight excluding hydrogens is 462 g/mol. The Balaban J connectivity index is 1.41.